The van der Waals surface area contributed by atoms with Gasteiger partial charge in [-0.25, -0.2) is 4.68 Å². The molecular formula is C24H24ClN3O4. The number of hydrogen-bond acceptors (Lipinski definition) is 5. The lowest BCUT2D eigenvalue weighted by Crippen LogP contribution is -2.47. The molecule has 1 aliphatic heterocycles. The van der Waals surface area contributed by atoms with Crippen molar-refractivity contribution in [2.45, 2.75) is 25.0 Å². The minimum Gasteiger partial charge on any atom is -0.496 e. The van der Waals surface area contributed by atoms with Crippen LogP contribution in [0.15, 0.2) is 65.5 Å². The molecule has 1 fully saturated rings. The molecule has 2 aromatic carbocycles. The maximum Gasteiger partial charge on any atom is 0.267 e. The molecule has 8 heteroatoms. The molecule has 0 spiro atoms. The minimum absolute atomic E-state index is 0.165. The lowest BCUT2D eigenvalue weighted by Gasteiger charge is -2.38. The van der Waals surface area contributed by atoms with Crippen LogP contribution in [0.3, 0.4) is 0 Å². The van der Waals surface area contributed by atoms with Gasteiger partial charge in [-0.15, -0.1) is 0 Å². The second-order valence-corrected chi connectivity index (χ2v) is 8.27. The minimum atomic E-state index is -1.000. The molecule has 0 saturated carbocycles. The average Bonchev–Trinajstić information content (AvgIpc) is 2.81. The number of ether oxygens (including phenoxy) is 1. The molecule has 7 nitrogen and oxygen atoms in total. The van der Waals surface area contributed by atoms with Gasteiger partial charge in [0.2, 0.25) is 5.91 Å². The standard InChI is InChI=1S/C24H24ClN3O4/c1-32-21-5-3-2-4-19(21)20-10-11-22(29)28(26-20)16-23(30)27-14-12-24(31,13-15-27)17-6-8-18(25)9-7-17/h2-11,31H,12-16H2,1H3. The summed E-state index contributed by atoms with van der Waals surface area (Å²) < 4.78 is 6.55. The molecule has 1 aromatic heterocycles. The van der Waals surface area contributed by atoms with Gasteiger partial charge in [-0.2, -0.15) is 5.10 Å². The monoisotopic (exact) mass is 453 g/mol. The first-order chi connectivity index (χ1) is 15.4. The fraction of sp³-hybridized carbons (Fsp3) is 0.292. The van der Waals surface area contributed by atoms with Crippen LogP contribution in [-0.4, -0.2) is 45.9 Å². The van der Waals surface area contributed by atoms with Gasteiger partial charge >= 0.3 is 0 Å². The number of hydrogen-bond donors (Lipinski definition) is 1. The number of aromatic nitrogens is 2. The number of rotatable bonds is 5. The molecule has 0 unspecified atom stereocenters. The highest BCUT2D eigenvalue weighted by Gasteiger charge is 2.35. The highest BCUT2D eigenvalue weighted by Crippen LogP contribution is 2.33. The maximum absolute atomic E-state index is 12.9. The number of nitrogens with zero attached hydrogens (tertiary/aromatic N) is 3. The lowest BCUT2D eigenvalue weighted by molar-refractivity contribution is -0.136. The molecule has 0 aliphatic carbocycles. The van der Waals surface area contributed by atoms with Crippen LogP contribution in [0.4, 0.5) is 0 Å². The molecule has 166 valence electrons. The molecule has 3 aromatic rings. The summed E-state index contributed by atoms with van der Waals surface area (Å²) in [6.45, 7) is 0.610. The molecule has 0 bridgehead atoms. The van der Waals surface area contributed by atoms with Crippen LogP contribution in [0.2, 0.25) is 5.02 Å². The SMILES string of the molecule is COc1ccccc1-c1ccc(=O)n(CC(=O)N2CCC(O)(c3ccc(Cl)cc3)CC2)n1. The highest BCUT2D eigenvalue weighted by molar-refractivity contribution is 6.30. The van der Waals surface area contributed by atoms with Gasteiger partial charge in [0, 0.05) is 29.7 Å². The Morgan fingerprint density at radius 3 is 2.47 bits per heavy atom. The number of carbonyl (C=O) groups is 1. The molecule has 1 saturated heterocycles. The number of benzene rings is 2. The number of amides is 1. The van der Waals surface area contributed by atoms with E-state index in [0.717, 1.165) is 11.1 Å². The van der Waals surface area contributed by atoms with Gasteiger partial charge in [0.05, 0.1) is 18.4 Å². The van der Waals surface area contributed by atoms with Gasteiger partial charge in [0.25, 0.3) is 5.56 Å². The van der Waals surface area contributed by atoms with E-state index in [4.69, 9.17) is 16.3 Å². The van der Waals surface area contributed by atoms with E-state index < -0.39 is 5.60 Å². The molecule has 1 amide bonds. The summed E-state index contributed by atoms with van der Waals surface area (Å²) in [6, 6.07) is 17.5. The molecule has 0 atom stereocenters. The van der Waals surface area contributed by atoms with Crippen molar-refractivity contribution in [3.63, 3.8) is 0 Å². The third-order valence-corrected chi connectivity index (χ3v) is 6.11. The van der Waals surface area contributed by atoms with Gasteiger partial charge in [0.15, 0.2) is 0 Å². The van der Waals surface area contributed by atoms with Crippen molar-refractivity contribution in [3.05, 3.63) is 81.6 Å². The Bertz CT molecular complexity index is 1170. The van der Waals surface area contributed by atoms with Crippen molar-refractivity contribution in [2.24, 2.45) is 0 Å². The van der Waals surface area contributed by atoms with Crippen molar-refractivity contribution in [3.8, 4) is 17.0 Å². The zero-order chi connectivity index (χ0) is 22.7. The summed E-state index contributed by atoms with van der Waals surface area (Å²) in [6.07, 6.45) is 0.813. The summed E-state index contributed by atoms with van der Waals surface area (Å²) in [5, 5.41) is 16.0. The van der Waals surface area contributed by atoms with Crippen LogP contribution in [0, 0.1) is 0 Å². The van der Waals surface area contributed by atoms with Crippen LogP contribution in [-0.2, 0) is 16.9 Å². The smallest absolute Gasteiger partial charge is 0.267 e. The Hall–Kier alpha value is -3.16. The van der Waals surface area contributed by atoms with Crippen molar-refractivity contribution in [2.75, 3.05) is 20.2 Å². The molecule has 2 heterocycles. The molecule has 4 rings (SSSR count). The largest absolute Gasteiger partial charge is 0.496 e. The average molecular weight is 454 g/mol. The zero-order valence-corrected chi connectivity index (χ0v) is 18.5. The van der Waals surface area contributed by atoms with E-state index in [1.807, 2.05) is 36.4 Å². The predicted octanol–water partition coefficient (Wildman–Crippen LogP) is 3.08. The molecule has 32 heavy (non-hydrogen) atoms. The fourth-order valence-corrected chi connectivity index (χ4v) is 4.09. The quantitative estimate of drug-likeness (QED) is 0.641. The first kappa shape index (κ1) is 22.0. The zero-order valence-electron chi connectivity index (χ0n) is 17.7. The van der Waals surface area contributed by atoms with E-state index in [-0.39, 0.29) is 18.0 Å². The fourth-order valence-electron chi connectivity index (χ4n) is 3.97. The van der Waals surface area contributed by atoms with Gasteiger partial charge in [-0.1, -0.05) is 35.9 Å². The van der Waals surface area contributed by atoms with Crippen molar-refractivity contribution in [1.82, 2.24) is 14.7 Å². The number of piperidine rings is 1. The van der Waals surface area contributed by atoms with E-state index in [1.165, 1.54) is 10.7 Å². The normalized spacial score (nSPS) is 15.4. The van der Waals surface area contributed by atoms with Crippen LogP contribution < -0.4 is 10.3 Å². The topological polar surface area (TPSA) is 84.7 Å². The third kappa shape index (κ3) is 4.54. The molecular weight excluding hydrogens is 430 g/mol. The van der Waals surface area contributed by atoms with Crippen molar-refractivity contribution < 1.29 is 14.6 Å². The second-order valence-electron chi connectivity index (χ2n) is 7.83. The Labute approximate surface area is 190 Å². The predicted molar refractivity (Wildman–Crippen MR) is 122 cm³/mol. The molecule has 1 aliphatic rings. The summed E-state index contributed by atoms with van der Waals surface area (Å²) in [4.78, 5) is 26.9. The summed E-state index contributed by atoms with van der Waals surface area (Å²) in [7, 11) is 1.57. The van der Waals surface area contributed by atoms with Gasteiger partial charge < -0.3 is 14.7 Å². The maximum atomic E-state index is 12.9. The first-order valence-corrected chi connectivity index (χ1v) is 10.8. The van der Waals surface area contributed by atoms with Crippen LogP contribution >= 0.6 is 11.6 Å². The number of methoxy groups -OCH3 is 1. The van der Waals surface area contributed by atoms with E-state index in [2.05, 4.69) is 5.10 Å². The Kier molecular flexibility index (Phi) is 6.30. The third-order valence-electron chi connectivity index (χ3n) is 5.86. The van der Waals surface area contributed by atoms with Crippen LogP contribution in [0.25, 0.3) is 11.3 Å². The van der Waals surface area contributed by atoms with Gasteiger partial charge in [0.1, 0.15) is 12.3 Å². The van der Waals surface area contributed by atoms with E-state index in [1.54, 1.807) is 30.2 Å². The number of carbonyl (C=O) groups excluding carboxylic acids is 1. The summed E-state index contributed by atoms with van der Waals surface area (Å²) in [5.74, 6) is 0.420. The number of para-hydroxylation sites is 1. The summed E-state index contributed by atoms with van der Waals surface area (Å²) >= 11 is 5.94. The number of likely N-dealkylation sites (tertiary alicyclic amines) is 1. The first-order valence-electron chi connectivity index (χ1n) is 10.4. The molecule has 0 radical (unpaired) electrons. The number of halogens is 1. The van der Waals surface area contributed by atoms with E-state index in [0.29, 0.717) is 42.4 Å². The van der Waals surface area contributed by atoms with Gasteiger partial charge in [-0.3, -0.25) is 9.59 Å². The Balaban J connectivity index is 1.47. The Morgan fingerprint density at radius 1 is 1.09 bits per heavy atom. The van der Waals surface area contributed by atoms with Gasteiger partial charge in [-0.05, 0) is 48.7 Å². The van der Waals surface area contributed by atoms with E-state index >= 15 is 0 Å². The Morgan fingerprint density at radius 2 is 1.78 bits per heavy atom. The van der Waals surface area contributed by atoms with Crippen LogP contribution in [0.1, 0.15) is 18.4 Å². The summed E-state index contributed by atoms with van der Waals surface area (Å²) in [5.41, 5.74) is 0.719. The van der Waals surface area contributed by atoms with Crippen LogP contribution in [0.5, 0.6) is 5.75 Å². The van der Waals surface area contributed by atoms with Crippen molar-refractivity contribution in [1.29, 1.82) is 0 Å². The van der Waals surface area contributed by atoms with E-state index in [9.17, 15) is 14.7 Å². The highest BCUT2D eigenvalue weighted by atomic mass is 35.5. The second kappa shape index (κ2) is 9.14. The molecule has 1 N–H and O–H groups in total. The number of aliphatic hydroxyl groups is 1. The lowest BCUT2D eigenvalue weighted by atomic mass is 9.84. The van der Waals surface area contributed by atoms with Crippen molar-refractivity contribution >= 4 is 17.5 Å².